The van der Waals surface area contributed by atoms with Gasteiger partial charge in [-0.15, -0.1) is 5.10 Å². The van der Waals surface area contributed by atoms with Gasteiger partial charge in [0.1, 0.15) is 17.2 Å². The van der Waals surface area contributed by atoms with Crippen molar-refractivity contribution in [3.63, 3.8) is 0 Å². The molecule has 2 aliphatic rings. The maximum atomic E-state index is 14.8. The Morgan fingerprint density at radius 2 is 1.81 bits per heavy atom. The highest BCUT2D eigenvalue weighted by Gasteiger charge is 2.39. The zero-order chi connectivity index (χ0) is 30.7. The molecule has 15 heteroatoms. The summed E-state index contributed by atoms with van der Waals surface area (Å²) < 4.78 is 34.3. The van der Waals surface area contributed by atoms with E-state index in [0.29, 0.717) is 37.1 Å². The number of benzene rings is 1. The fourth-order valence-corrected chi connectivity index (χ4v) is 5.68. The van der Waals surface area contributed by atoms with Crippen LogP contribution < -0.4 is 15.1 Å². The molecule has 2 amide bonds. The molecule has 2 saturated heterocycles. The number of nitrogens with one attached hydrogen (secondary N) is 2. The van der Waals surface area contributed by atoms with Crippen LogP contribution in [0, 0.1) is 11.6 Å². The molecule has 0 spiro atoms. The van der Waals surface area contributed by atoms with Gasteiger partial charge in [0.05, 0.1) is 11.6 Å². The number of amides is 2. The van der Waals surface area contributed by atoms with Crippen LogP contribution in [0.5, 0.6) is 0 Å². The lowest BCUT2D eigenvalue weighted by Crippen LogP contribution is -2.47. The molecule has 2 aromatic heterocycles. The van der Waals surface area contributed by atoms with Crippen molar-refractivity contribution in [1.82, 2.24) is 40.8 Å². The molecule has 43 heavy (non-hydrogen) atoms. The number of piperidine rings is 1. The summed E-state index contributed by atoms with van der Waals surface area (Å²) in [5.74, 6) is -1.06. The summed E-state index contributed by atoms with van der Waals surface area (Å²) >= 11 is 0. The molecule has 0 saturated carbocycles. The lowest BCUT2D eigenvalue weighted by atomic mass is 9.94. The molecule has 0 radical (unpaired) electrons. The van der Waals surface area contributed by atoms with Crippen LogP contribution in [0.1, 0.15) is 62.4 Å². The first kappa shape index (κ1) is 30.0. The number of carbonyl (C=O) groups is 2. The molecular formula is C28H36F2N10O3. The third-order valence-corrected chi connectivity index (χ3v) is 7.67. The number of H-pyrrole nitrogens is 1. The Bertz CT molecular complexity index is 1410. The number of carbonyl (C=O) groups excluding carboxylic acids is 2. The second-order valence-electron chi connectivity index (χ2n) is 11.7. The van der Waals surface area contributed by atoms with Gasteiger partial charge >= 0.3 is 6.09 Å². The summed E-state index contributed by atoms with van der Waals surface area (Å²) in [7, 11) is 0. The second-order valence-corrected chi connectivity index (χ2v) is 11.7. The van der Waals surface area contributed by atoms with Crippen molar-refractivity contribution in [2.75, 3.05) is 42.5 Å². The standard InChI is InChI=1S/C28H36F2N10O3/c1-5-40(19-8-10-38(11-9-19)26-34-36-37-35-26)24(41)17-13-31-25(32-14-17)39-15-21(20-12-18(29)6-7-22(20)30)23(16-39)33-27(42)43-28(2,3)4/h6-7,12-14,19,21,23H,5,8-11,15-16H2,1-4H3,(H,33,42)(H,34,35,36,37)/t21-,23+/m1/s1. The highest BCUT2D eigenvalue weighted by Crippen LogP contribution is 2.32. The van der Waals surface area contributed by atoms with Crippen molar-refractivity contribution in [2.45, 2.75) is 64.1 Å². The van der Waals surface area contributed by atoms with E-state index in [1.54, 1.807) is 25.7 Å². The van der Waals surface area contributed by atoms with Crippen LogP contribution in [-0.2, 0) is 4.74 Å². The number of hydrogen-bond acceptors (Lipinski definition) is 10. The number of ether oxygens (including phenoxy) is 1. The molecule has 0 aliphatic carbocycles. The Balaban J connectivity index is 1.28. The molecule has 3 aromatic rings. The Hall–Kier alpha value is -4.43. The highest BCUT2D eigenvalue weighted by molar-refractivity contribution is 5.94. The second kappa shape index (κ2) is 12.4. The topological polar surface area (TPSA) is 145 Å². The van der Waals surface area contributed by atoms with Gasteiger partial charge in [-0.25, -0.2) is 23.5 Å². The maximum absolute atomic E-state index is 14.8. The van der Waals surface area contributed by atoms with E-state index >= 15 is 0 Å². The molecule has 13 nitrogen and oxygen atoms in total. The number of anilines is 2. The fourth-order valence-electron chi connectivity index (χ4n) is 5.68. The average Bonchev–Trinajstić information content (AvgIpc) is 3.65. The summed E-state index contributed by atoms with van der Waals surface area (Å²) in [6, 6.07) is 2.70. The van der Waals surface area contributed by atoms with Gasteiger partial charge in [0.25, 0.3) is 11.9 Å². The van der Waals surface area contributed by atoms with E-state index in [9.17, 15) is 18.4 Å². The lowest BCUT2D eigenvalue weighted by molar-refractivity contribution is 0.0504. The number of aromatic nitrogens is 6. The van der Waals surface area contributed by atoms with Crippen LogP contribution >= 0.6 is 0 Å². The highest BCUT2D eigenvalue weighted by atomic mass is 19.1. The summed E-state index contributed by atoms with van der Waals surface area (Å²) in [5.41, 5.74) is -0.244. The smallest absolute Gasteiger partial charge is 0.407 e. The van der Waals surface area contributed by atoms with Crippen molar-refractivity contribution in [3.8, 4) is 0 Å². The van der Waals surface area contributed by atoms with Crippen LogP contribution in [0.25, 0.3) is 0 Å². The number of aromatic amines is 1. The van der Waals surface area contributed by atoms with E-state index in [-0.39, 0.29) is 30.6 Å². The third kappa shape index (κ3) is 6.97. The number of hydrogen-bond donors (Lipinski definition) is 2. The van der Waals surface area contributed by atoms with Crippen LogP contribution in [0.15, 0.2) is 30.6 Å². The number of halogens is 2. The van der Waals surface area contributed by atoms with Gasteiger partial charge in [-0.2, -0.15) is 5.21 Å². The van der Waals surface area contributed by atoms with Gasteiger partial charge in [-0.3, -0.25) is 4.79 Å². The quantitative estimate of drug-likeness (QED) is 0.416. The Labute approximate surface area is 248 Å². The van der Waals surface area contributed by atoms with Crippen LogP contribution in [-0.4, -0.2) is 97.9 Å². The first-order chi connectivity index (χ1) is 20.5. The summed E-state index contributed by atoms with van der Waals surface area (Å²) in [6.45, 7) is 9.53. The number of nitrogens with zero attached hydrogens (tertiary/aromatic N) is 8. The average molecular weight is 599 g/mol. The first-order valence-corrected chi connectivity index (χ1v) is 14.3. The van der Waals surface area contributed by atoms with Crippen molar-refractivity contribution < 1.29 is 23.1 Å². The zero-order valence-corrected chi connectivity index (χ0v) is 24.6. The molecule has 230 valence electrons. The minimum absolute atomic E-state index is 0.0421. The normalized spacial score (nSPS) is 19.4. The van der Waals surface area contributed by atoms with Crippen molar-refractivity contribution in [2.24, 2.45) is 0 Å². The van der Waals surface area contributed by atoms with E-state index in [4.69, 9.17) is 4.74 Å². The molecule has 0 unspecified atom stereocenters. The summed E-state index contributed by atoms with van der Waals surface area (Å²) in [6.07, 6.45) is 3.81. The zero-order valence-electron chi connectivity index (χ0n) is 24.6. The van der Waals surface area contributed by atoms with Crippen molar-refractivity contribution in [3.05, 3.63) is 53.4 Å². The van der Waals surface area contributed by atoms with Crippen LogP contribution in [0.3, 0.4) is 0 Å². The Morgan fingerprint density at radius 1 is 1.09 bits per heavy atom. The number of alkyl carbamates (subject to hydrolysis) is 1. The SMILES string of the molecule is CCN(C(=O)c1cnc(N2C[C@H](NC(=O)OC(C)(C)C)[C@@H](c3cc(F)ccc3F)C2)nc1)C1CCN(c2nn[nH]n2)CC1. The van der Waals surface area contributed by atoms with E-state index in [1.165, 1.54) is 12.4 Å². The summed E-state index contributed by atoms with van der Waals surface area (Å²) in [4.78, 5) is 40.6. The van der Waals surface area contributed by atoms with Gasteiger partial charge in [-0.1, -0.05) is 5.10 Å². The van der Waals surface area contributed by atoms with Gasteiger partial charge in [-0.05, 0) is 69.5 Å². The van der Waals surface area contributed by atoms with E-state index < -0.39 is 35.3 Å². The van der Waals surface area contributed by atoms with E-state index in [2.05, 4.69) is 35.9 Å². The van der Waals surface area contributed by atoms with Gasteiger partial charge in [0, 0.05) is 57.1 Å². The van der Waals surface area contributed by atoms with E-state index in [0.717, 1.165) is 31.0 Å². The van der Waals surface area contributed by atoms with Gasteiger partial charge in [0.15, 0.2) is 0 Å². The first-order valence-electron chi connectivity index (χ1n) is 14.3. The predicted molar refractivity (Wildman–Crippen MR) is 153 cm³/mol. The predicted octanol–water partition coefficient (Wildman–Crippen LogP) is 2.90. The molecule has 2 fully saturated rings. The Kier molecular flexibility index (Phi) is 8.69. The molecule has 5 rings (SSSR count). The van der Waals surface area contributed by atoms with Crippen LogP contribution in [0.2, 0.25) is 0 Å². The fraction of sp³-hybridized carbons (Fsp3) is 0.536. The largest absolute Gasteiger partial charge is 0.444 e. The van der Waals surface area contributed by atoms with Gasteiger partial charge < -0.3 is 24.8 Å². The van der Waals surface area contributed by atoms with Crippen molar-refractivity contribution in [1.29, 1.82) is 0 Å². The lowest BCUT2D eigenvalue weighted by Gasteiger charge is -2.37. The van der Waals surface area contributed by atoms with Crippen LogP contribution in [0.4, 0.5) is 25.5 Å². The number of tetrazole rings is 1. The maximum Gasteiger partial charge on any atom is 0.407 e. The molecule has 1 aromatic carbocycles. The number of rotatable bonds is 7. The minimum Gasteiger partial charge on any atom is -0.444 e. The van der Waals surface area contributed by atoms with Crippen molar-refractivity contribution >= 4 is 23.9 Å². The molecule has 4 heterocycles. The van der Waals surface area contributed by atoms with E-state index in [1.807, 2.05) is 16.7 Å². The van der Waals surface area contributed by atoms with Gasteiger partial charge in [0.2, 0.25) is 5.95 Å². The molecule has 0 bridgehead atoms. The molecule has 2 aliphatic heterocycles. The molecule has 2 N–H and O–H groups in total. The molecular weight excluding hydrogens is 562 g/mol. The third-order valence-electron chi connectivity index (χ3n) is 7.67. The monoisotopic (exact) mass is 598 g/mol. The Morgan fingerprint density at radius 3 is 2.44 bits per heavy atom. The minimum atomic E-state index is -0.731. The summed E-state index contributed by atoms with van der Waals surface area (Å²) in [5, 5.41) is 16.9. The molecule has 2 atom stereocenters.